The fourth-order valence-corrected chi connectivity index (χ4v) is 4.78. The summed E-state index contributed by atoms with van der Waals surface area (Å²) in [7, 11) is -1.52. The van der Waals surface area contributed by atoms with Crippen molar-refractivity contribution < 1.29 is 8.42 Å². The first kappa shape index (κ1) is 16.5. The van der Waals surface area contributed by atoms with Crippen LogP contribution in [0.25, 0.3) is 0 Å². The molecule has 1 aliphatic rings. The molecule has 1 N–H and O–H groups in total. The third kappa shape index (κ3) is 3.47. The molecule has 0 spiro atoms. The van der Waals surface area contributed by atoms with E-state index < -0.39 is 10.0 Å². The molecule has 0 amide bonds. The highest BCUT2D eigenvalue weighted by molar-refractivity contribution is 7.89. The van der Waals surface area contributed by atoms with E-state index in [1.807, 2.05) is 33.0 Å². The molecule has 0 saturated carbocycles. The van der Waals surface area contributed by atoms with Crippen molar-refractivity contribution in [3.05, 3.63) is 29.3 Å². The average molecular weight is 310 g/mol. The minimum absolute atomic E-state index is 0.0767. The second-order valence-electron chi connectivity index (χ2n) is 6.21. The first-order valence-electron chi connectivity index (χ1n) is 7.62. The van der Waals surface area contributed by atoms with Gasteiger partial charge in [0.25, 0.3) is 0 Å². The molecule has 5 heteroatoms. The van der Waals surface area contributed by atoms with Crippen molar-refractivity contribution in [2.45, 2.75) is 51.1 Å². The fraction of sp³-hybridized carbons (Fsp3) is 0.625. The van der Waals surface area contributed by atoms with Crippen LogP contribution in [0.5, 0.6) is 0 Å². The van der Waals surface area contributed by atoms with Crippen LogP contribution in [0, 0.1) is 12.8 Å². The van der Waals surface area contributed by atoms with Gasteiger partial charge in [0.1, 0.15) is 0 Å². The maximum Gasteiger partial charge on any atom is 0.243 e. The van der Waals surface area contributed by atoms with Gasteiger partial charge in [-0.25, -0.2) is 8.42 Å². The first-order valence-corrected chi connectivity index (χ1v) is 9.06. The predicted molar refractivity (Wildman–Crippen MR) is 85.7 cm³/mol. The summed E-state index contributed by atoms with van der Waals surface area (Å²) in [6, 6.07) is 5.52. The van der Waals surface area contributed by atoms with E-state index in [2.05, 4.69) is 12.2 Å². The number of hydrogen-bond donors (Lipinski definition) is 1. The standard InChI is InChI=1S/C16H26N2O2S/c1-12-7-8-18(14(3)9-12)21(19,20)16-6-5-13(2)15(10-16)11-17-4/h5-6,10,12,14,17H,7-9,11H2,1-4H3. The molecule has 1 saturated heterocycles. The van der Waals surface area contributed by atoms with Gasteiger partial charge in [-0.2, -0.15) is 4.31 Å². The molecule has 1 aromatic rings. The van der Waals surface area contributed by atoms with Crippen LogP contribution in [-0.4, -0.2) is 32.4 Å². The molecule has 2 rings (SSSR count). The van der Waals surface area contributed by atoms with Crippen LogP contribution in [-0.2, 0) is 16.6 Å². The Morgan fingerprint density at radius 1 is 1.33 bits per heavy atom. The maximum atomic E-state index is 12.9. The lowest BCUT2D eigenvalue weighted by Crippen LogP contribution is -2.44. The highest BCUT2D eigenvalue weighted by atomic mass is 32.2. The minimum Gasteiger partial charge on any atom is -0.316 e. The van der Waals surface area contributed by atoms with Gasteiger partial charge in [-0.1, -0.05) is 13.0 Å². The summed E-state index contributed by atoms with van der Waals surface area (Å²) in [5, 5.41) is 3.09. The Kier molecular flexibility index (Phi) is 5.07. The Balaban J connectivity index is 2.33. The molecular weight excluding hydrogens is 284 g/mol. The number of sulfonamides is 1. The Morgan fingerprint density at radius 3 is 2.67 bits per heavy atom. The number of rotatable bonds is 4. The van der Waals surface area contributed by atoms with Crippen molar-refractivity contribution in [1.29, 1.82) is 0 Å². The minimum atomic E-state index is -3.39. The molecule has 4 nitrogen and oxygen atoms in total. The Morgan fingerprint density at radius 2 is 2.05 bits per heavy atom. The molecule has 1 aliphatic heterocycles. The summed E-state index contributed by atoms with van der Waals surface area (Å²) < 4.78 is 27.4. The summed E-state index contributed by atoms with van der Waals surface area (Å²) in [5.74, 6) is 0.601. The van der Waals surface area contributed by atoms with E-state index in [0.717, 1.165) is 24.0 Å². The van der Waals surface area contributed by atoms with Crippen LogP contribution < -0.4 is 5.32 Å². The van der Waals surface area contributed by atoms with Gasteiger partial charge in [0, 0.05) is 19.1 Å². The van der Waals surface area contributed by atoms with Crippen LogP contribution in [0.3, 0.4) is 0 Å². The Hall–Kier alpha value is -0.910. The lowest BCUT2D eigenvalue weighted by atomic mass is 9.95. The van der Waals surface area contributed by atoms with Gasteiger partial charge >= 0.3 is 0 Å². The third-order valence-corrected chi connectivity index (χ3v) is 6.38. The van der Waals surface area contributed by atoms with E-state index in [1.165, 1.54) is 0 Å². The predicted octanol–water partition coefficient (Wildman–Crippen LogP) is 2.52. The molecule has 118 valence electrons. The van der Waals surface area contributed by atoms with Crippen LogP contribution in [0.4, 0.5) is 0 Å². The molecule has 0 aliphatic carbocycles. The monoisotopic (exact) mass is 310 g/mol. The van der Waals surface area contributed by atoms with Crippen molar-refractivity contribution in [3.63, 3.8) is 0 Å². The zero-order valence-electron chi connectivity index (χ0n) is 13.4. The summed E-state index contributed by atoms with van der Waals surface area (Å²) >= 11 is 0. The van der Waals surface area contributed by atoms with Gasteiger partial charge in [-0.05, 0) is 62.9 Å². The SMILES string of the molecule is CNCc1cc(S(=O)(=O)N2CCC(C)CC2C)ccc1C. The largest absolute Gasteiger partial charge is 0.316 e. The number of benzene rings is 1. The van der Waals surface area contributed by atoms with Crippen molar-refractivity contribution in [1.82, 2.24) is 9.62 Å². The van der Waals surface area contributed by atoms with Gasteiger partial charge in [0.15, 0.2) is 0 Å². The van der Waals surface area contributed by atoms with E-state index in [0.29, 0.717) is 23.9 Å². The van der Waals surface area contributed by atoms with Crippen molar-refractivity contribution in [2.24, 2.45) is 5.92 Å². The number of nitrogens with one attached hydrogen (secondary N) is 1. The van der Waals surface area contributed by atoms with Crippen molar-refractivity contribution >= 4 is 10.0 Å². The Bertz CT molecular complexity index is 598. The molecule has 1 heterocycles. The molecule has 2 unspecified atom stereocenters. The van der Waals surface area contributed by atoms with Crippen molar-refractivity contribution in [2.75, 3.05) is 13.6 Å². The quantitative estimate of drug-likeness (QED) is 0.929. The molecule has 0 bridgehead atoms. The average Bonchev–Trinajstić information content (AvgIpc) is 2.40. The number of piperidine rings is 1. The highest BCUT2D eigenvalue weighted by Crippen LogP contribution is 2.28. The molecule has 2 atom stereocenters. The van der Waals surface area contributed by atoms with Gasteiger partial charge in [0.05, 0.1) is 4.90 Å². The van der Waals surface area contributed by atoms with Crippen molar-refractivity contribution in [3.8, 4) is 0 Å². The second-order valence-corrected chi connectivity index (χ2v) is 8.10. The zero-order chi connectivity index (χ0) is 15.6. The summed E-state index contributed by atoms with van der Waals surface area (Å²) in [6.45, 7) is 7.52. The van der Waals surface area contributed by atoms with Gasteiger partial charge in [0.2, 0.25) is 10.0 Å². The number of hydrogen-bond acceptors (Lipinski definition) is 3. The molecule has 0 radical (unpaired) electrons. The zero-order valence-corrected chi connectivity index (χ0v) is 14.2. The summed E-state index contributed by atoms with van der Waals surface area (Å²) in [6.07, 6.45) is 1.88. The van der Waals surface area contributed by atoms with E-state index in [1.54, 1.807) is 10.4 Å². The number of nitrogens with zero attached hydrogens (tertiary/aromatic N) is 1. The second kappa shape index (κ2) is 6.46. The Labute approximate surface area is 128 Å². The molecule has 1 aromatic carbocycles. The normalized spacial score (nSPS) is 24.2. The molecule has 21 heavy (non-hydrogen) atoms. The number of aryl methyl sites for hydroxylation is 1. The van der Waals surface area contributed by atoms with E-state index >= 15 is 0 Å². The lowest BCUT2D eigenvalue weighted by Gasteiger charge is -2.35. The fourth-order valence-electron chi connectivity index (χ4n) is 3.07. The van der Waals surface area contributed by atoms with Gasteiger partial charge in [-0.3, -0.25) is 0 Å². The molecule has 0 aromatic heterocycles. The smallest absolute Gasteiger partial charge is 0.243 e. The lowest BCUT2D eigenvalue weighted by molar-refractivity contribution is 0.220. The summed E-state index contributed by atoms with van der Waals surface area (Å²) in [5.41, 5.74) is 2.15. The van der Waals surface area contributed by atoms with Crippen LogP contribution in [0.1, 0.15) is 37.8 Å². The van der Waals surface area contributed by atoms with Gasteiger partial charge in [-0.15, -0.1) is 0 Å². The van der Waals surface area contributed by atoms with Crippen LogP contribution in [0.2, 0.25) is 0 Å². The molecular formula is C16H26N2O2S. The van der Waals surface area contributed by atoms with Gasteiger partial charge < -0.3 is 5.32 Å². The van der Waals surface area contributed by atoms with E-state index in [9.17, 15) is 8.42 Å². The third-order valence-electron chi connectivity index (χ3n) is 4.37. The van der Waals surface area contributed by atoms with E-state index in [4.69, 9.17) is 0 Å². The first-order chi connectivity index (χ1) is 9.86. The summed E-state index contributed by atoms with van der Waals surface area (Å²) in [4.78, 5) is 0.416. The molecule has 1 fully saturated rings. The van der Waals surface area contributed by atoms with Crippen LogP contribution in [0.15, 0.2) is 23.1 Å². The topological polar surface area (TPSA) is 49.4 Å². The maximum absolute atomic E-state index is 12.9. The van der Waals surface area contributed by atoms with Crippen LogP contribution >= 0.6 is 0 Å². The highest BCUT2D eigenvalue weighted by Gasteiger charge is 2.33. The van der Waals surface area contributed by atoms with E-state index in [-0.39, 0.29) is 6.04 Å².